The van der Waals surface area contributed by atoms with Gasteiger partial charge in [-0.15, -0.1) is 0 Å². The Bertz CT molecular complexity index is 593. The summed E-state index contributed by atoms with van der Waals surface area (Å²) in [6.45, 7) is 0. The predicted octanol–water partition coefficient (Wildman–Crippen LogP) is -0.759. The van der Waals surface area contributed by atoms with Gasteiger partial charge in [0.25, 0.3) is 0 Å². The van der Waals surface area contributed by atoms with Gasteiger partial charge in [0.15, 0.2) is 11.5 Å². The van der Waals surface area contributed by atoms with Crippen LogP contribution in [0.3, 0.4) is 0 Å². The van der Waals surface area contributed by atoms with E-state index in [0.29, 0.717) is 17.0 Å². The first kappa shape index (κ1) is 10.2. The molecule has 0 bridgehead atoms. The number of hydrogen-bond acceptors (Lipinski definition) is 6. The Labute approximate surface area is 96.2 Å². The molecule has 0 spiro atoms. The summed E-state index contributed by atoms with van der Waals surface area (Å²) in [5, 5.41) is 19.3. The van der Waals surface area contributed by atoms with E-state index in [1.165, 1.54) is 12.7 Å². The maximum atomic E-state index is 9.82. The second-order valence-electron chi connectivity index (χ2n) is 3.94. The molecule has 0 saturated heterocycles. The fraction of sp³-hybridized carbons (Fsp3) is 0.300. The van der Waals surface area contributed by atoms with Crippen molar-refractivity contribution in [2.24, 2.45) is 0 Å². The van der Waals surface area contributed by atoms with E-state index in [4.69, 9.17) is 5.73 Å². The number of hydrogen-bond donors (Lipinski definition) is 3. The van der Waals surface area contributed by atoms with Gasteiger partial charge in [0.2, 0.25) is 0 Å². The van der Waals surface area contributed by atoms with Crippen molar-refractivity contribution in [1.82, 2.24) is 19.5 Å². The molecule has 3 rings (SSSR count). The zero-order valence-corrected chi connectivity index (χ0v) is 8.80. The van der Waals surface area contributed by atoms with Crippen molar-refractivity contribution in [3.8, 4) is 0 Å². The normalized spacial score (nSPS) is 28.0. The van der Waals surface area contributed by atoms with Gasteiger partial charge >= 0.3 is 0 Å². The Morgan fingerprint density at radius 1 is 1.18 bits per heavy atom. The van der Waals surface area contributed by atoms with Crippen LogP contribution in [0, 0.1) is 0 Å². The van der Waals surface area contributed by atoms with Gasteiger partial charge in [-0.3, -0.25) is 0 Å². The smallest absolute Gasteiger partial charge is 0.166 e. The van der Waals surface area contributed by atoms with Crippen molar-refractivity contribution in [1.29, 1.82) is 0 Å². The molecule has 0 saturated carbocycles. The van der Waals surface area contributed by atoms with Gasteiger partial charge in [0.05, 0.1) is 12.4 Å². The topological polar surface area (TPSA) is 110 Å². The molecule has 0 radical (unpaired) electrons. The third kappa shape index (κ3) is 1.40. The highest BCUT2D eigenvalue weighted by atomic mass is 16.3. The number of rotatable bonds is 1. The van der Waals surface area contributed by atoms with Crippen LogP contribution in [0.1, 0.15) is 6.04 Å². The molecule has 2 aromatic heterocycles. The Kier molecular flexibility index (Phi) is 2.10. The molecule has 0 fully saturated rings. The van der Waals surface area contributed by atoms with Crippen LogP contribution in [0.2, 0.25) is 0 Å². The Hall–Kier alpha value is -1.99. The van der Waals surface area contributed by atoms with E-state index in [2.05, 4.69) is 15.0 Å². The maximum Gasteiger partial charge on any atom is 0.166 e. The van der Waals surface area contributed by atoms with E-state index in [9.17, 15) is 10.2 Å². The van der Waals surface area contributed by atoms with Gasteiger partial charge < -0.3 is 20.5 Å². The van der Waals surface area contributed by atoms with Crippen LogP contribution in [0.5, 0.6) is 0 Å². The Morgan fingerprint density at radius 3 is 2.71 bits per heavy atom. The number of aliphatic hydroxyl groups excluding tert-OH is 2. The third-order valence-electron chi connectivity index (χ3n) is 2.91. The minimum Gasteiger partial charge on any atom is -0.388 e. The largest absolute Gasteiger partial charge is 0.388 e. The molecule has 2 heterocycles. The Balaban J connectivity index is 2.13. The van der Waals surface area contributed by atoms with Gasteiger partial charge in [-0.2, -0.15) is 0 Å². The summed E-state index contributed by atoms with van der Waals surface area (Å²) in [6.07, 6.45) is 4.38. The molecule has 0 amide bonds. The minimum absolute atomic E-state index is 0.297. The first-order chi connectivity index (χ1) is 8.18. The van der Waals surface area contributed by atoms with Crippen LogP contribution in [-0.4, -0.2) is 41.9 Å². The molecule has 4 N–H and O–H groups in total. The van der Waals surface area contributed by atoms with Crippen LogP contribution < -0.4 is 5.73 Å². The lowest BCUT2D eigenvalue weighted by atomic mass is 10.2. The Morgan fingerprint density at radius 2 is 2.00 bits per heavy atom. The minimum atomic E-state index is -0.899. The lowest BCUT2D eigenvalue weighted by Crippen LogP contribution is -2.27. The summed E-state index contributed by atoms with van der Waals surface area (Å²) in [7, 11) is 0. The SMILES string of the molecule is Nc1ncnc2c1ncn2[C@@H]1C=C[C@H](O)[C@H]1O. The molecule has 17 heavy (non-hydrogen) atoms. The maximum absolute atomic E-state index is 9.82. The van der Waals surface area contributed by atoms with E-state index in [1.807, 2.05) is 0 Å². The standard InChI is InChI=1S/C10H11N5O2/c11-9-7-10(13-3-12-9)15(4-14-7)5-1-2-6(16)8(5)17/h1-6,8,16-17H,(H2,11,12,13)/t5-,6+,8+/m1/s1. The van der Waals surface area contributed by atoms with Crippen LogP contribution >= 0.6 is 0 Å². The predicted molar refractivity (Wildman–Crippen MR) is 59.9 cm³/mol. The van der Waals surface area contributed by atoms with E-state index >= 15 is 0 Å². The van der Waals surface area contributed by atoms with Crippen molar-refractivity contribution >= 4 is 17.0 Å². The number of fused-ring (bicyclic) bond motifs is 1. The number of anilines is 1. The molecule has 0 aliphatic heterocycles. The van der Waals surface area contributed by atoms with Crippen LogP contribution in [0.25, 0.3) is 11.2 Å². The summed E-state index contributed by atoms with van der Waals surface area (Å²) in [6, 6.07) is -0.385. The molecule has 2 aromatic rings. The molecule has 0 unspecified atom stereocenters. The highest BCUT2D eigenvalue weighted by Gasteiger charge is 2.30. The molecular formula is C10H11N5O2. The van der Waals surface area contributed by atoms with Crippen LogP contribution in [0.15, 0.2) is 24.8 Å². The molecule has 1 aliphatic rings. The van der Waals surface area contributed by atoms with E-state index < -0.39 is 12.2 Å². The number of nitrogens with zero attached hydrogens (tertiary/aromatic N) is 4. The first-order valence-electron chi connectivity index (χ1n) is 5.16. The lowest BCUT2D eigenvalue weighted by Gasteiger charge is -2.18. The van der Waals surface area contributed by atoms with Gasteiger partial charge in [0, 0.05) is 0 Å². The molecule has 3 atom stereocenters. The van der Waals surface area contributed by atoms with Crippen LogP contribution in [0.4, 0.5) is 5.82 Å². The third-order valence-corrected chi connectivity index (χ3v) is 2.91. The number of aromatic nitrogens is 4. The van der Waals surface area contributed by atoms with Gasteiger partial charge in [0.1, 0.15) is 24.1 Å². The summed E-state index contributed by atoms with van der Waals surface area (Å²) in [5.41, 5.74) is 6.71. The first-order valence-corrected chi connectivity index (χ1v) is 5.16. The van der Waals surface area contributed by atoms with E-state index in [0.717, 1.165) is 0 Å². The molecule has 7 heteroatoms. The molecule has 7 nitrogen and oxygen atoms in total. The fourth-order valence-corrected chi connectivity index (χ4v) is 2.00. The second kappa shape index (κ2) is 3.51. The van der Waals surface area contributed by atoms with Gasteiger partial charge in [-0.05, 0) is 0 Å². The second-order valence-corrected chi connectivity index (χ2v) is 3.94. The van der Waals surface area contributed by atoms with Gasteiger partial charge in [-0.1, -0.05) is 12.2 Å². The molecular weight excluding hydrogens is 222 g/mol. The average Bonchev–Trinajstić information content (AvgIpc) is 2.86. The fourth-order valence-electron chi connectivity index (χ4n) is 2.00. The number of aliphatic hydroxyl groups is 2. The number of nitrogens with two attached hydrogens (primary N) is 1. The monoisotopic (exact) mass is 233 g/mol. The molecule has 0 aromatic carbocycles. The van der Waals surface area contributed by atoms with Gasteiger partial charge in [-0.25, -0.2) is 15.0 Å². The number of imidazole rings is 1. The van der Waals surface area contributed by atoms with Crippen molar-refractivity contribution < 1.29 is 10.2 Å². The average molecular weight is 233 g/mol. The zero-order valence-electron chi connectivity index (χ0n) is 8.80. The lowest BCUT2D eigenvalue weighted by molar-refractivity contribution is 0.0375. The molecule has 1 aliphatic carbocycles. The highest BCUT2D eigenvalue weighted by molar-refractivity contribution is 5.81. The summed E-state index contributed by atoms with van der Waals surface area (Å²) in [5.74, 6) is 0.297. The van der Waals surface area contributed by atoms with Crippen LogP contribution in [-0.2, 0) is 0 Å². The zero-order chi connectivity index (χ0) is 12.0. The summed E-state index contributed by atoms with van der Waals surface area (Å²) >= 11 is 0. The highest BCUT2D eigenvalue weighted by Crippen LogP contribution is 2.27. The quantitative estimate of drug-likeness (QED) is 0.558. The molecule has 88 valence electrons. The summed E-state index contributed by atoms with van der Waals surface area (Å²) < 4.78 is 1.67. The van der Waals surface area contributed by atoms with E-state index in [-0.39, 0.29) is 6.04 Å². The van der Waals surface area contributed by atoms with Crippen molar-refractivity contribution in [3.05, 3.63) is 24.8 Å². The van der Waals surface area contributed by atoms with Crippen molar-refractivity contribution in [2.75, 3.05) is 5.73 Å². The van der Waals surface area contributed by atoms with Crippen molar-refractivity contribution in [2.45, 2.75) is 18.2 Å². The summed E-state index contributed by atoms with van der Waals surface area (Å²) in [4.78, 5) is 12.0. The number of nitrogen functional groups attached to an aromatic ring is 1. The van der Waals surface area contributed by atoms with Crippen molar-refractivity contribution in [3.63, 3.8) is 0 Å². The van der Waals surface area contributed by atoms with E-state index in [1.54, 1.807) is 16.7 Å².